The van der Waals surface area contributed by atoms with Gasteiger partial charge in [-0.25, -0.2) is 4.39 Å². The predicted octanol–water partition coefficient (Wildman–Crippen LogP) is 3.76. The van der Waals surface area contributed by atoms with Crippen molar-refractivity contribution in [2.45, 2.75) is 43.9 Å². The molecule has 3 unspecified atom stereocenters. The van der Waals surface area contributed by atoms with E-state index in [0.29, 0.717) is 12.0 Å². The Morgan fingerprint density at radius 2 is 1.88 bits per heavy atom. The molecular weight excluding hydrogens is 431 g/mol. The quantitative estimate of drug-likeness (QED) is 0.524. The monoisotopic (exact) mass is 458 g/mol. The number of aryl methyl sites for hydroxylation is 1. The minimum atomic E-state index is -1.57. The van der Waals surface area contributed by atoms with E-state index in [1.807, 2.05) is 31.2 Å². The van der Waals surface area contributed by atoms with Gasteiger partial charge in [-0.3, -0.25) is 0 Å². The average Bonchev–Trinajstić information content (AvgIpc) is 3.26. The van der Waals surface area contributed by atoms with Crippen LogP contribution in [-0.4, -0.2) is 47.3 Å². The Morgan fingerprint density at radius 1 is 1.12 bits per heavy atom. The van der Waals surface area contributed by atoms with Crippen molar-refractivity contribution >= 4 is 11.3 Å². The van der Waals surface area contributed by atoms with Crippen molar-refractivity contribution in [3.8, 4) is 10.4 Å². The van der Waals surface area contributed by atoms with Gasteiger partial charge in [-0.2, -0.15) is 0 Å². The lowest BCUT2D eigenvalue weighted by atomic mass is 9.88. The lowest BCUT2D eigenvalue weighted by molar-refractivity contribution is -0.344. The molecule has 5 nitrogen and oxygen atoms in total. The number of aliphatic hydroxyl groups is 3. The van der Waals surface area contributed by atoms with Gasteiger partial charge in [-0.05, 0) is 53.9 Å². The van der Waals surface area contributed by atoms with E-state index in [-0.39, 0.29) is 18.8 Å². The highest BCUT2D eigenvalue weighted by Gasteiger charge is 2.51. The molecule has 4 atom stereocenters. The van der Waals surface area contributed by atoms with Gasteiger partial charge in [0, 0.05) is 35.3 Å². The van der Waals surface area contributed by atoms with Gasteiger partial charge in [-0.1, -0.05) is 24.3 Å². The Balaban J connectivity index is 1.64. The summed E-state index contributed by atoms with van der Waals surface area (Å²) in [7, 11) is 1.42. The van der Waals surface area contributed by atoms with Crippen LogP contribution in [0.25, 0.3) is 10.4 Å². The second kappa shape index (κ2) is 9.39. The zero-order valence-corrected chi connectivity index (χ0v) is 18.8. The largest absolute Gasteiger partial charge is 0.394 e. The number of aliphatic hydroxyl groups excluding tert-OH is 3. The molecule has 32 heavy (non-hydrogen) atoms. The first-order valence-electron chi connectivity index (χ1n) is 10.5. The van der Waals surface area contributed by atoms with Crippen LogP contribution in [0.4, 0.5) is 4.39 Å². The maximum atomic E-state index is 13.2. The second-order valence-electron chi connectivity index (χ2n) is 8.13. The maximum absolute atomic E-state index is 13.2. The molecule has 1 aliphatic heterocycles. The molecule has 2 aromatic carbocycles. The summed E-state index contributed by atoms with van der Waals surface area (Å²) >= 11 is 1.64. The smallest absolute Gasteiger partial charge is 0.224 e. The van der Waals surface area contributed by atoms with Crippen LogP contribution in [0, 0.1) is 12.7 Å². The highest BCUT2D eigenvalue weighted by molar-refractivity contribution is 7.15. The van der Waals surface area contributed by atoms with Crippen LogP contribution in [-0.2, 0) is 21.7 Å². The number of hydrogen-bond acceptors (Lipinski definition) is 6. The molecule has 7 heteroatoms. The van der Waals surface area contributed by atoms with Crippen LogP contribution in [0.1, 0.15) is 28.0 Å². The van der Waals surface area contributed by atoms with Crippen LogP contribution in [0.2, 0.25) is 0 Å². The minimum absolute atomic E-state index is 0.128. The summed E-state index contributed by atoms with van der Waals surface area (Å²) in [5.74, 6) is -1.83. The van der Waals surface area contributed by atoms with Crippen LogP contribution in [0.5, 0.6) is 0 Å². The zero-order chi connectivity index (χ0) is 22.9. The molecule has 1 saturated heterocycles. The van der Waals surface area contributed by atoms with Crippen molar-refractivity contribution in [2.24, 2.45) is 0 Å². The topological polar surface area (TPSA) is 79.2 Å². The summed E-state index contributed by atoms with van der Waals surface area (Å²) in [6.45, 7) is 1.73. The van der Waals surface area contributed by atoms with Crippen LogP contribution < -0.4 is 0 Å². The molecule has 0 aliphatic carbocycles. The molecule has 0 bridgehead atoms. The number of benzene rings is 2. The van der Waals surface area contributed by atoms with Gasteiger partial charge in [0.25, 0.3) is 0 Å². The molecule has 3 N–H and O–H groups in total. The van der Waals surface area contributed by atoms with Crippen LogP contribution >= 0.6 is 11.3 Å². The third-order valence-corrected chi connectivity index (χ3v) is 7.15. The second-order valence-corrected chi connectivity index (χ2v) is 9.30. The average molecular weight is 459 g/mol. The maximum Gasteiger partial charge on any atom is 0.224 e. The van der Waals surface area contributed by atoms with Crippen molar-refractivity contribution in [1.82, 2.24) is 0 Å². The summed E-state index contributed by atoms with van der Waals surface area (Å²) in [5, 5.41) is 30.7. The molecule has 0 radical (unpaired) electrons. The fourth-order valence-corrected chi connectivity index (χ4v) is 5.20. The number of rotatable bonds is 6. The highest BCUT2D eigenvalue weighted by Crippen LogP contribution is 2.40. The predicted molar refractivity (Wildman–Crippen MR) is 121 cm³/mol. The molecule has 0 saturated carbocycles. The minimum Gasteiger partial charge on any atom is -0.394 e. The molecular formula is C25H27FO5S. The zero-order valence-electron chi connectivity index (χ0n) is 18.0. The van der Waals surface area contributed by atoms with Gasteiger partial charge < -0.3 is 24.8 Å². The molecule has 1 fully saturated rings. The van der Waals surface area contributed by atoms with E-state index in [1.165, 1.54) is 19.2 Å². The van der Waals surface area contributed by atoms with Crippen molar-refractivity contribution in [1.29, 1.82) is 0 Å². The molecule has 1 aliphatic rings. The van der Waals surface area contributed by atoms with Gasteiger partial charge in [0.1, 0.15) is 11.9 Å². The molecule has 0 spiro atoms. The fourth-order valence-electron chi connectivity index (χ4n) is 4.16. The van der Waals surface area contributed by atoms with Crippen LogP contribution in [0.3, 0.4) is 0 Å². The van der Waals surface area contributed by atoms with Crippen molar-refractivity contribution in [3.63, 3.8) is 0 Å². The number of methoxy groups -OCH3 is 1. The lowest BCUT2D eigenvalue weighted by Crippen LogP contribution is -2.57. The molecule has 2 heterocycles. The van der Waals surface area contributed by atoms with Gasteiger partial charge in [0.2, 0.25) is 5.79 Å². The van der Waals surface area contributed by atoms with Gasteiger partial charge in [0.05, 0.1) is 18.8 Å². The van der Waals surface area contributed by atoms with E-state index in [4.69, 9.17) is 9.47 Å². The SMILES string of the molecule is COC1(c2ccc(C)c(Cc3ccc(-c4ccc(F)cc4)s3)c2)OC(CO)CC(O)[C@H]1O. The molecule has 170 valence electrons. The number of thiophene rings is 1. The van der Waals surface area contributed by atoms with E-state index in [1.54, 1.807) is 23.5 Å². The van der Waals surface area contributed by atoms with Crippen LogP contribution in [0.15, 0.2) is 54.6 Å². The Labute approximate surface area is 190 Å². The summed E-state index contributed by atoms with van der Waals surface area (Å²) < 4.78 is 24.8. The number of halogens is 1. The molecule has 3 aromatic rings. The van der Waals surface area contributed by atoms with Gasteiger partial charge >= 0.3 is 0 Å². The van der Waals surface area contributed by atoms with Crippen molar-refractivity contribution in [2.75, 3.05) is 13.7 Å². The van der Waals surface area contributed by atoms with E-state index in [9.17, 15) is 19.7 Å². The van der Waals surface area contributed by atoms with E-state index >= 15 is 0 Å². The first-order valence-corrected chi connectivity index (χ1v) is 11.3. The molecule has 0 amide bonds. The molecule has 1 aromatic heterocycles. The summed E-state index contributed by atoms with van der Waals surface area (Å²) in [6, 6.07) is 16.2. The Kier molecular flexibility index (Phi) is 6.76. The van der Waals surface area contributed by atoms with Crippen molar-refractivity contribution < 1.29 is 29.2 Å². The first kappa shape index (κ1) is 23.0. The Hall–Kier alpha value is -2.13. The van der Waals surface area contributed by atoms with E-state index in [0.717, 1.165) is 26.4 Å². The number of hydrogen-bond donors (Lipinski definition) is 3. The molecule has 4 rings (SSSR count). The summed E-state index contributed by atoms with van der Waals surface area (Å²) in [4.78, 5) is 2.19. The van der Waals surface area contributed by atoms with Gasteiger partial charge in [-0.15, -0.1) is 11.3 Å². The standard InChI is InChI=1S/C25H27FO5S/c1-15-3-6-18(25(30-2)24(29)22(28)13-20(14-27)31-25)11-17(15)12-21-9-10-23(32-21)16-4-7-19(26)8-5-16/h3-11,20,22,24,27-29H,12-14H2,1-2H3/t20?,22?,24-,25?/m1/s1. The van der Waals surface area contributed by atoms with E-state index < -0.39 is 24.1 Å². The lowest BCUT2D eigenvalue weighted by Gasteiger charge is -2.45. The Bertz CT molecular complexity index is 1070. The summed E-state index contributed by atoms with van der Waals surface area (Å²) in [5.41, 5.74) is 3.65. The summed E-state index contributed by atoms with van der Waals surface area (Å²) in [6.07, 6.45) is -2.23. The first-order chi connectivity index (χ1) is 15.4. The number of ether oxygens (including phenoxy) is 2. The highest BCUT2D eigenvalue weighted by atomic mass is 32.1. The van der Waals surface area contributed by atoms with Gasteiger partial charge in [0.15, 0.2) is 0 Å². The third-order valence-electron chi connectivity index (χ3n) is 6.01. The third kappa shape index (κ3) is 4.37. The Morgan fingerprint density at radius 3 is 2.56 bits per heavy atom. The fraction of sp³-hybridized carbons (Fsp3) is 0.360. The normalized spacial score (nSPS) is 25.8. The van der Waals surface area contributed by atoms with Crippen molar-refractivity contribution in [3.05, 3.63) is 82.0 Å². The van der Waals surface area contributed by atoms with E-state index in [2.05, 4.69) is 6.07 Å².